The molecular formula is C20H30N2O2. The van der Waals surface area contributed by atoms with Gasteiger partial charge in [0.1, 0.15) is 5.75 Å². The highest BCUT2D eigenvalue weighted by molar-refractivity contribution is 5.76. The second kappa shape index (κ2) is 10.9. The van der Waals surface area contributed by atoms with E-state index in [2.05, 4.69) is 22.8 Å². The van der Waals surface area contributed by atoms with Crippen LogP contribution in [0.3, 0.4) is 0 Å². The van der Waals surface area contributed by atoms with Crippen molar-refractivity contribution in [3.05, 3.63) is 41.5 Å². The number of hydrogen-bond donors (Lipinski definition) is 2. The van der Waals surface area contributed by atoms with Gasteiger partial charge in [-0.25, -0.2) is 0 Å². The maximum Gasteiger partial charge on any atom is 0.221 e. The van der Waals surface area contributed by atoms with Gasteiger partial charge in [-0.05, 0) is 56.7 Å². The molecule has 4 nitrogen and oxygen atoms in total. The molecule has 0 radical (unpaired) electrons. The van der Waals surface area contributed by atoms with Gasteiger partial charge in [0.15, 0.2) is 0 Å². The third-order valence-electron chi connectivity index (χ3n) is 4.45. The average molecular weight is 330 g/mol. The van der Waals surface area contributed by atoms with Crippen LogP contribution in [0, 0.1) is 0 Å². The van der Waals surface area contributed by atoms with Crippen molar-refractivity contribution in [2.45, 2.75) is 44.9 Å². The molecule has 4 heteroatoms. The number of amides is 1. The Labute approximate surface area is 145 Å². The highest BCUT2D eigenvalue weighted by Crippen LogP contribution is 2.19. The number of para-hydroxylation sites is 1. The lowest BCUT2D eigenvalue weighted by molar-refractivity contribution is -0.120. The molecule has 0 atom stereocenters. The fourth-order valence-corrected chi connectivity index (χ4v) is 3.04. The number of methoxy groups -OCH3 is 1. The van der Waals surface area contributed by atoms with E-state index in [1.165, 1.54) is 36.8 Å². The number of hydrogen-bond acceptors (Lipinski definition) is 3. The van der Waals surface area contributed by atoms with Gasteiger partial charge >= 0.3 is 0 Å². The number of rotatable bonds is 10. The molecule has 1 aromatic rings. The minimum absolute atomic E-state index is 0.135. The fraction of sp³-hybridized carbons (Fsp3) is 0.550. The predicted octanol–water partition coefficient (Wildman–Crippen LogP) is 3.22. The Morgan fingerprint density at radius 3 is 2.79 bits per heavy atom. The molecule has 24 heavy (non-hydrogen) atoms. The number of carbonyl (C=O) groups excluding carboxylic acids is 1. The highest BCUT2D eigenvalue weighted by Gasteiger charge is 2.05. The Morgan fingerprint density at radius 2 is 2.00 bits per heavy atom. The lowest BCUT2D eigenvalue weighted by Gasteiger charge is -2.13. The number of carbonyl (C=O) groups is 1. The van der Waals surface area contributed by atoms with Crippen LogP contribution in [0.25, 0.3) is 0 Å². The standard InChI is InChI=1S/C20H30N2O2/c1-24-19-10-6-5-9-18(19)12-14-21-15-13-20(23)22-16-11-17-7-3-2-4-8-17/h5-7,9-10,21H,2-4,8,11-16H2,1H3,(H,22,23). The van der Waals surface area contributed by atoms with Crippen molar-refractivity contribution in [2.75, 3.05) is 26.7 Å². The molecule has 0 bridgehead atoms. The SMILES string of the molecule is COc1ccccc1CCNCCC(=O)NCCC1=CCCCC1. The van der Waals surface area contributed by atoms with E-state index in [1.807, 2.05) is 18.2 Å². The lowest BCUT2D eigenvalue weighted by Crippen LogP contribution is -2.29. The molecule has 0 saturated carbocycles. The van der Waals surface area contributed by atoms with E-state index < -0.39 is 0 Å². The maximum absolute atomic E-state index is 11.8. The number of benzene rings is 1. The Hall–Kier alpha value is -1.81. The first kappa shape index (κ1) is 18.5. The Morgan fingerprint density at radius 1 is 1.12 bits per heavy atom. The zero-order chi connectivity index (χ0) is 17.0. The third-order valence-corrected chi connectivity index (χ3v) is 4.45. The molecule has 1 aliphatic rings. The summed E-state index contributed by atoms with van der Waals surface area (Å²) in [5.74, 6) is 1.06. The fourth-order valence-electron chi connectivity index (χ4n) is 3.04. The van der Waals surface area contributed by atoms with Crippen LogP contribution >= 0.6 is 0 Å². The van der Waals surface area contributed by atoms with Crippen LogP contribution in [-0.4, -0.2) is 32.7 Å². The van der Waals surface area contributed by atoms with Crippen LogP contribution in [-0.2, 0) is 11.2 Å². The smallest absolute Gasteiger partial charge is 0.221 e. The normalized spacial score (nSPS) is 14.1. The first-order valence-electron chi connectivity index (χ1n) is 9.07. The first-order valence-corrected chi connectivity index (χ1v) is 9.07. The Bertz CT molecular complexity index is 540. The van der Waals surface area contributed by atoms with E-state index in [0.29, 0.717) is 13.0 Å². The van der Waals surface area contributed by atoms with E-state index in [4.69, 9.17) is 4.74 Å². The zero-order valence-corrected chi connectivity index (χ0v) is 14.8. The van der Waals surface area contributed by atoms with Gasteiger partial charge in [0.2, 0.25) is 5.91 Å². The van der Waals surface area contributed by atoms with Gasteiger partial charge in [-0.15, -0.1) is 0 Å². The second-order valence-electron chi connectivity index (χ2n) is 6.27. The van der Waals surface area contributed by atoms with E-state index in [9.17, 15) is 4.79 Å². The van der Waals surface area contributed by atoms with E-state index in [1.54, 1.807) is 7.11 Å². The van der Waals surface area contributed by atoms with Gasteiger partial charge in [-0.1, -0.05) is 29.8 Å². The third kappa shape index (κ3) is 6.75. The molecule has 0 aliphatic heterocycles. The summed E-state index contributed by atoms with van der Waals surface area (Å²) in [5, 5.41) is 6.35. The molecule has 0 fully saturated rings. The Kier molecular flexibility index (Phi) is 8.39. The highest BCUT2D eigenvalue weighted by atomic mass is 16.5. The molecule has 1 aromatic carbocycles. The van der Waals surface area contributed by atoms with Crippen LogP contribution in [0.2, 0.25) is 0 Å². The van der Waals surface area contributed by atoms with Crippen molar-refractivity contribution < 1.29 is 9.53 Å². The maximum atomic E-state index is 11.8. The summed E-state index contributed by atoms with van der Waals surface area (Å²) in [6.07, 6.45) is 9.82. The number of nitrogens with one attached hydrogen (secondary N) is 2. The molecule has 0 saturated heterocycles. The van der Waals surface area contributed by atoms with Crippen LogP contribution in [0.15, 0.2) is 35.9 Å². The number of ether oxygens (including phenoxy) is 1. The van der Waals surface area contributed by atoms with Gasteiger partial charge in [0.05, 0.1) is 7.11 Å². The summed E-state index contributed by atoms with van der Waals surface area (Å²) >= 11 is 0. The topological polar surface area (TPSA) is 50.4 Å². The molecule has 0 heterocycles. The van der Waals surface area contributed by atoms with Crippen molar-refractivity contribution >= 4 is 5.91 Å². The van der Waals surface area contributed by atoms with Crippen LogP contribution in [0.5, 0.6) is 5.75 Å². The summed E-state index contributed by atoms with van der Waals surface area (Å²) in [4.78, 5) is 11.8. The molecule has 0 aromatic heterocycles. The van der Waals surface area contributed by atoms with Crippen LogP contribution in [0.1, 0.15) is 44.1 Å². The molecule has 1 aliphatic carbocycles. The van der Waals surface area contributed by atoms with Gasteiger partial charge in [0.25, 0.3) is 0 Å². The zero-order valence-electron chi connectivity index (χ0n) is 14.8. The van der Waals surface area contributed by atoms with Gasteiger partial charge in [-0.3, -0.25) is 4.79 Å². The summed E-state index contributed by atoms with van der Waals surface area (Å²) < 4.78 is 5.34. The minimum atomic E-state index is 0.135. The van der Waals surface area contributed by atoms with Gasteiger partial charge in [0, 0.05) is 19.5 Å². The first-order chi connectivity index (χ1) is 11.8. The van der Waals surface area contributed by atoms with Crippen LogP contribution in [0.4, 0.5) is 0 Å². The molecule has 2 rings (SSSR count). The van der Waals surface area contributed by atoms with E-state index in [-0.39, 0.29) is 5.91 Å². The average Bonchev–Trinajstić information content (AvgIpc) is 2.62. The quantitative estimate of drug-likeness (QED) is 0.511. The van der Waals surface area contributed by atoms with Crippen molar-refractivity contribution in [2.24, 2.45) is 0 Å². The summed E-state index contributed by atoms with van der Waals surface area (Å²) in [5.41, 5.74) is 2.70. The lowest BCUT2D eigenvalue weighted by atomic mass is 9.97. The largest absolute Gasteiger partial charge is 0.496 e. The molecular weight excluding hydrogens is 300 g/mol. The van der Waals surface area contributed by atoms with Crippen molar-refractivity contribution in [1.82, 2.24) is 10.6 Å². The summed E-state index contributed by atoms with van der Waals surface area (Å²) in [7, 11) is 1.69. The van der Waals surface area contributed by atoms with Crippen molar-refractivity contribution in [3.8, 4) is 5.75 Å². The number of allylic oxidation sites excluding steroid dienone is 1. The second-order valence-corrected chi connectivity index (χ2v) is 6.27. The molecule has 0 spiro atoms. The van der Waals surface area contributed by atoms with Gasteiger partial charge in [-0.2, -0.15) is 0 Å². The van der Waals surface area contributed by atoms with Gasteiger partial charge < -0.3 is 15.4 Å². The summed E-state index contributed by atoms with van der Waals surface area (Å²) in [6, 6.07) is 8.05. The predicted molar refractivity (Wildman–Crippen MR) is 98.4 cm³/mol. The van der Waals surface area contributed by atoms with Crippen LogP contribution < -0.4 is 15.4 Å². The van der Waals surface area contributed by atoms with Crippen molar-refractivity contribution in [1.29, 1.82) is 0 Å². The van der Waals surface area contributed by atoms with E-state index >= 15 is 0 Å². The minimum Gasteiger partial charge on any atom is -0.496 e. The molecule has 2 N–H and O–H groups in total. The molecule has 132 valence electrons. The molecule has 0 unspecified atom stereocenters. The van der Waals surface area contributed by atoms with E-state index in [0.717, 1.165) is 31.7 Å². The van der Waals surface area contributed by atoms with Crippen molar-refractivity contribution in [3.63, 3.8) is 0 Å². The Balaban J connectivity index is 1.52. The summed E-state index contributed by atoms with van der Waals surface area (Å²) in [6.45, 7) is 2.33. The molecule has 1 amide bonds. The monoisotopic (exact) mass is 330 g/mol.